The van der Waals surface area contributed by atoms with Crippen LogP contribution in [0.2, 0.25) is 0 Å². The monoisotopic (exact) mass is 392 g/mol. The highest BCUT2D eigenvalue weighted by Crippen LogP contribution is 2.14. The average molecular weight is 393 g/mol. The molecule has 0 radical (unpaired) electrons. The van der Waals surface area contributed by atoms with Gasteiger partial charge in [-0.1, -0.05) is 15.9 Å². The van der Waals surface area contributed by atoms with Crippen LogP contribution in [-0.4, -0.2) is 41.5 Å². The smallest absolute Gasteiger partial charge is 0.326 e. The second kappa shape index (κ2) is 8.39. The summed E-state index contributed by atoms with van der Waals surface area (Å²) in [6.45, 7) is 1.46. The lowest BCUT2D eigenvalue weighted by Crippen LogP contribution is -2.35. The van der Waals surface area contributed by atoms with Crippen molar-refractivity contribution in [2.45, 2.75) is 13.0 Å². The third-order valence-electron chi connectivity index (χ3n) is 3.05. The van der Waals surface area contributed by atoms with Gasteiger partial charge in [-0.05, 0) is 37.3 Å². The Morgan fingerprint density at radius 3 is 2.50 bits per heavy atom. The number of nitrogens with one attached hydrogen (secondary N) is 1. The Morgan fingerprint density at radius 1 is 1.25 bits per heavy atom. The number of rotatable bonds is 6. The third-order valence-corrected chi connectivity index (χ3v) is 3.58. The predicted octanol–water partition coefficient (Wildman–Crippen LogP) is 2.25. The molecule has 0 aliphatic carbocycles. The molecule has 0 aliphatic heterocycles. The number of hydrogen-bond donors (Lipinski definition) is 1. The van der Waals surface area contributed by atoms with Crippen molar-refractivity contribution in [2.75, 3.05) is 23.8 Å². The summed E-state index contributed by atoms with van der Waals surface area (Å²) in [5.74, 6) is -0.533. The van der Waals surface area contributed by atoms with Crippen LogP contribution in [0, 0.1) is 0 Å². The first-order valence-corrected chi connectivity index (χ1v) is 7.99. The largest absolute Gasteiger partial charge is 0.451 e. The van der Waals surface area contributed by atoms with E-state index in [-0.39, 0.29) is 6.54 Å². The lowest BCUT2D eigenvalue weighted by atomic mass is 10.3. The van der Waals surface area contributed by atoms with E-state index in [9.17, 15) is 9.59 Å². The molecule has 0 saturated heterocycles. The highest BCUT2D eigenvalue weighted by Gasteiger charge is 2.19. The van der Waals surface area contributed by atoms with Crippen LogP contribution in [0.1, 0.15) is 6.92 Å². The number of benzene rings is 1. The maximum absolute atomic E-state index is 12.1. The number of amides is 1. The molecule has 0 spiro atoms. The van der Waals surface area contributed by atoms with E-state index in [1.807, 2.05) is 0 Å². The topological polar surface area (TPSA) is 84.4 Å². The van der Waals surface area contributed by atoms with E-state index in [1.54, 1.807) is 54.7 Å². The molecule has 0 bridgehead atoms. The normalized spacial score (nSPS) is 11.5. The van der Waals surface area contributed by atoms with Crippen LogP contribution in [0.5, 0.6) is 0 Å². The van der Waals surface area contributed by atoms with Crippen LogP contribution in [0.4, 0.5) is 11.6 Å². The number of halogens is 1. The fraction of sp³-hybridized carbons (Fsp3) is 0.250. The zero-order chi connectivity index (χ0) is 17.5. The first kappa shape index (κ1) is 17.9. The predicted molar refractivity (Wildman–Crippen MR) is 93.6 cm³/mol. The van der Waals surface area contributed by atoms with Gasteiger partial charge in [0.25, 0.3) is 5.91 Å². The molecule has 1 aromatic carbocycles. The lowest BCUT2D eigenvalue weighted by Gasteiger charge is -2.18. The Labute approximate surface area is 148 Å². The van der Waals surface area contributed by atoms with Crippen molar-refractivity contribution in [1.29, 1.82) is 0 Å². The summed E-state index contributed by atoms with van der Waals surface area (Å²) in [6.07, 6.45) is 2.25. The van der Waals surface area contributed by atoms with Gasteiger partial charge in [-0.25, -0.2) is 9.97 Å². The molecular formula is C16H17BrN4O3. The molecule has 7 nitrogen and oxygen atoms in total. The van der Waals surface area contributed by atoms with Gasteiger partial charge in [0, 0.05) is 29.6 Å². The molecule has 1 N–H and O–H groups in total. The quantitative estimate of drug-likeness (QED) is 0.758. The second-order valence-corrected chi connectivity index (χ2v) is 5.95. The van der Waals surface area contributed by atoms with Crippen LogP contribution >= 0.6 is 15.9 Å². The Bertz CT molecular complexity index is 694. The fourth-order valence-corrected chi connectivity index (χ4v) is 2.08. The minimum absolute atomic E-state index is 0.0556. The number of hydrogen-bond acceptors (Lipinski definition) is 6. The maximum Gasteiger partial charge on any atom is 0.326 e. The number of esters is 1. The number of likely N-dealkylation sites (N-methyl/N-ethyl adjacent to an activating group) is 1. The van der Waals surface area contributed by atoms with Crippen LogP contribution in [0.3, 0.4) is 0 Å². The third kappa shape index (κ3) is 5.31. The number of carbonyl (C=O) groups excluding carboxylic acids is 2. The number of carbonyl (C=O) groups is 2. The van der Waals surface area contributed by atoms with Gasteiger partial charge in [0.15, 0.2) is 6.10 Å². The summed E-state index contributed by atoms with van der Waals surface area (Å²) >= 11 is 3.32. The van der Waals surface area contributed by atoms with Crippen LogP contribution in [0.15, 0.2) is 47.2 Å². The van der Waals surface area contributed by atoms with E-state index >= 15 is 0 Å². The molecule has 0 fully saturated rings. The van der Waals surface area contributed by atoms with Crippen LogP contribution in [0.25, 0.3) is 0 Å². The van der Waals surface area contributed by atoms with Crippen molar-refractivity contribution in [3.63, 3.8) is 0 Å². The van der Waals surface area contributed by atoms with Gasteiger partial charge in [-0.2, -0.15) is 0 Å². The van der Waals surface area contributed by atoms with E-state index in [2.05, 4.69) is 31.2 Å². The molecule has 0 aliphatic rings. The molecule has 0 saturated carbocycles. The Hall–Kier alpha value is -2.48. The first-order chi connectivity index (χ1) is 11.5. The molecule has 24 heavy (non-hydrogen) atoms. The summed E-state index contributed by atoms with van der Waals surface area (Å²) in [4.78, 5) is 33.6. The second-order valence-electron chi connectivity index (χ2n) is 5.03. The standard InChI is InChI=1S/C16H17BrN4O3/c1-11(15(23)20-13-6-4-12(17)5-7-13)24-14(22)10-21(2)16-18-8-3-9-19-16/h3-9,11H,10H2,1-2H3,(H,20,23). The minimum Gasteiger partial charge on any atom is -0.451 e. The van der Waals surface area contributed by atoms with Crippen molar-refractivity contribution in [2.24, 2.45) is 0 Å². The van der Waals surface area contributed by atoms with Crippen molar-refractivity contribution in [3.05, 3.63) is 47.2 Å². The maximum atomic E-state index is 12.1. The molecule has 2 rings (SSSR count). The van der Waals surface area contributed by atoms with Gasteiger partial charge in [0.2, 0.25) is 5.95 Å². The molecule has 1 heterocycles. The minimum atomic E-state index is -0.911. The van der Waals surface area contributed by atoms with Crippen LogP contribution < -0.4 is 10.2 Å². The van der Waals surface area contributed by atoms with Gasteiger partial charge < -0.3 is 15.0 Å². The highest BCUT2D eigenvalue weighted by molar-refractivity contribution is 9.10. The summed E-state index contributed by atoms with van der Waals surface area (Å²) < 4.78 is 6.05. The van der Waals surface area contributed by atoms with Crippen molar-refractivity contribution in [1.82, 2.24) is 9.97 Å². The summed E-state index contributed by atoms with van der Waals surface area (Å²) in [5.41, 5.74) is 0.626. The van der Waals surface area contributed by atoms with Crippen molar-refractivity contribution >= 4 is 39.4 Å². The number of aromatic nitrogens is 2. The summed E-state index contributed by atoms with van der Waals surface area (Å²) in [6, 6.07) is 8.79. The Balaban J connectivity index is 1.84. The molecular weight excluding hydrogens is 376 g/mol. The van der Waals surface area contributed by atoms with Crippen molar-refractivity contribution in [3.8, 4) is 0 Å². The van der Waals surface area contributed by atoms with E-state index in [4.69, 9.17) is 4.74 Å². The van der Waals surface area contributed by atoms with E-state index in [1.165, 1.54) is 6.92 Å². The first-order valence-electron chi connectivity index (χ1n) is 7.20. The molecule has 2 aromatic rings. The number of ether oxygens (including phenoxy) is 1. The SMILES string of the molecule is CC(OC(=O)CN(C)c1ncccn1)C(=O)Nc1ccc(Br)cc1. The van der Waals surface area contributed by atoms with Gasteiger partial charge in [-0.3, -0.25) is 9.59 Å². The van der Waals surface area contributed by atoms with Gasteiger partial charge in [-0.15, -0.1) is 0 Å². The Kier molecular flexibility index (Phi) is 6.25. The number of nitrogens with zero attached hydrogens (tertiary/aromatic N) is 3. The Morgan fingerprint density at radius 2 is 1.88 bits per heavy atom. The zero-order valence-electron chi connectivity index (χ0n) is 13.3. The summed E-state index contributed by atoms with van der Waals surface area (Å²) in [5, 5.41) is 2.68. The highest BCUT2D eigenvalue weighted by atomic mass is 79.9. The van der Waals surface area contributed by atoms with E-state index in [0.717, 1.165) is 4.47 Å². The molecule has 1 unspecified atom stereocenters. The molecule has 1 aromatic heterocycles. The van der Waals surface area contributed by atoms with Gasteiger partial charge in [0.05, 0.1) is 0 Å². The number of anilines is 2. The molecule has 8 heteroatoms. The summed E-state index contributed by atoms with van der Waals surface area (Å²) in [7, 11) is 1.67. The molecule has 126 valence electrons. The van der Waals surface area contributed by atoms with Crippen LogP contribution in [-0.2, 0) is 14.3 Å². The van der Waals surface area contributed by atoms with Gasteiger partial charge >= 0.3 is 5.97 Å². The average Bonchev–Trinajstić information content (AvgIpc) is 2.57. The van der Waals surface area contributed by atoms with E-state index < -0.39 is 18.0 Å². The van der Waals surface area contributed by atoms with E-state index in [0.29, 0.717) is 11.6 Å². The van der Waals surface area contributed by atoms with Gasteiger partial charge in [0.1, 0.15) is 6.54 Å². The lowest BCUT2D eigenvalue weighted by molar-refractivity contribution is -0.151. The zero-order valence-corrected chi connectivity index (χ0v) is 14.9. The molecule has 1 amide bonds. The van der Waals surface area contributed by atoms with Crippen molar-refractivity contribution < 1.29 is 14.3 Å². The fourth-order valence-electron chi connectivity index (χ4n) is 1.82. The molecule has 1 atom stereocenters.